The van der Waals surface area contributed by atoms with Crippen LogP contribution in [0.3, 0.4) is 0 Å². The van der Waals surface area contributed by atoms with Crippen LogP contribution in [0.4, 0.5) is 5.69 Å². The van der Waals surface area contributed by atoms with Crippen molar-refractivity contribution in [3.05, 3.63) is 43.5 Å². The summed E-state index contributed by atoms with van der Waals surface area (Å²) >= 11 is 9.58. The average molecular weight is 360 g/mol. The molecule has 20 heavy (non-hydrogen) atoms. The number of nitrogens with zero attached hydrogens (tertiary/aromatic N) is 3. The molecule has 2 aromatic rings. The molecular weight excluding hydrogens is 344 g/mol. The Morgan fingerprint density at radius 2 is 2.10 bits per heavy atom. The van der Waals surface area contributed by atoms with Crippen LogP contribution in [0.1, 0.15) is 25.2 Å². The van der Waals surface area contributed by atoms with Gasteiger partial charge in [-0.15, -0.1) is 0 Å². The number of rotatable bonds is 4. The quantitative estimate of drug-likeness (QED) is 0.912. The van der Waals surface area contributed by atoms with E-state index in [2.05, 4.69) is 21.0 Å². The summed E-state index contributed by atoms with van der Waals surface area (Å²) in [4.78, 5) is 11.6. The van der Waals surface area contributed by atoms with Gasteiger partial charge in [0.2, 0.25) is 5.43 Å². The first-order valence-corrected chi connectivity index (χ1v) is 7.54. The molecule has 2 aromatic heterocycles. The molecule has 0 aromatic carbocycles. The summed E-state index contributed by atoms with van der Waals surface area (Å²) in [5.74, 6) is 0. The molecule has 0 aliphatic rings. The van der Waals surface area contributed by atoms with E-state index in [9.17, 15) is 4.79 Å². The zero-order chi connectivity index (χ0) is 14.9. The lowest BCUT2D eigenvalue weighted by atomic mass is 10.3. The van der Waals surface area contributed by atoms with Crippen molar-refractivity contribution in [2.75, 3.05) is 5.73 Å². The van der Waals surface area contributed by atoms with E-state index in [0.717, 1.165) is 24.4 Å². The molecule has 2 heterocycles. The van der Waals surface area contributed by atoms with E-state index in [4.69, 9.17) is 17.3 Å². The summed E-state index contributed by atoms with van der Waals surface area (Å²) < 4.78 is 4.14. The van der Waals surface area contributed by atoms with E-state index in [1.54, 1.807) is 12.4 Å². The monoisotopic (exact) mass is 358 g/mol. The van der Waals surface area contributed by atoms with Crippen molar-refractivity contribution in [2.24, 2.45) is 0 Å². The maximum absolute atomic E-state index is 11.6. The maximum atomic E-state index is 11.6. The third-order valence-electron chi connectivity index (χ3n) is 3.09. The first-order valence-electron chi connectivity index (χ1n) is 6.37. The van der Waals surface area contributed by atoms with Gasteiger partial charge in [-0.25, -0.2) is 0 Å². The predicted molar refractivity (Wildman–Crippen MR) is 84.2 cm³/mol. The van der Waals surface area contributed by atoms with Gasteiger partial charge in [0.25, 0.3) is 0 Å². The highest BCUT2D eigenvalue weighted by atomic mass is 79.9. The Kier molecular flexibility index (Phi) is 4.55. The smallest absolute Gasteiger partial charge is 0.218 e. The van der Waals surface area contributed by atoms with Gasteiger partial charge in [-0.2, -0.15) is 5.10 Å². The molecule has 0 amide bonds. The van der Waals surface area contributed by atoms with Crippen molar-refractivity contribution in [1.82, 2.24) is 14.3 Å². The molecule has 0 unspecified atom stereocenters. The molecule has 0 fully saturated rings. The lowest BCUT2D eigenvalue weighted by Crippen LogP contribution is -2.15. The first-order chi connectivity index (χ1) is 9.47. The van der Waals surface area contributed by atoms with E-state index < -0.39 is 0 Å². The number of hydrogen-bond acceptors (Lipinski definition) is 3. The SMILES string of the molecule is CCc1nn(CC)c(Cn2cc(N)c(=O)c(Br)c2)c1Cl. The number of hydrogen-bond donors (Lipinski definition) is 1. The molecule has 7 heteroatoms. The predicted octanol–water partition coefficient (Wildman–Crippen LogP) is 2.67. The van der Waals surface area contributed by atoms with Gasteiger partial charge < -0.3 is 10.3 Å². The van der Waals surface area contributed by atoms with Crippen molar-refractivity contribution in [3.63, 3.8) is 0 Å². The van der Waals surface area contributed by atoms with Crippen molar-refractivity contribution < 1.29 is 0 Å². The molecule has 0 radical (unpaired) electrons. The zero-order valence-corrected chi connectivity index (χ0v) is 13.7. The molecule has 0 saturated carbocycles. The highest BCUT2D eigenvalue weighted by Gasteiger charge is 2.15. The number of halogens is 2. The van der Waals surface area contributed by atoms with Crippen LogP contribution in [0.15, 0.2) is 21.7 Å². The molecule has 0 spiro atoms. The Morgan fingerprint density at radius 3 is 2.65 bits per heavy atom. The highest BCUT2D eigenvalue weighted by Crippen LogP contribution is 2.23. The number of aryl methyl sites for hydroxylation is 2. The summed E-state index contributed by atoms with van der Waals surface area (Å²) in [5, 5.41) is 5.16. The fraction of sp³-hybridized carbons (Fsp3) is 0.385. The minimum absolute atomic E-state index is 0.203. The Morgan fingerprint density at radius 1 is 1.40 bits per heavy atom. The summed E-state index contributed by atoms with van der Waals surface area (Å²) in [6, 6.07) is 0. The van der Waals surface area contributed by atoms with E-state index >= 15 is 0 Å². The second-order valence-corrected chi connectivity index (χ2v) is 5.67. The summed E-state index contributed by atoms with van der Waals surface area (Å²) in [7, 11) is 0. The lowest BCUT2D eigenvalue weighted by Gasteiger charge is -2.10. The van der Waals surface area contributed by atoms with E-state index in [-0.39, 0.29) is 11.1 Å². The van der Waals surface area contributed by atoms with Crippen LogP contribution in [0.25, 0.3) is 0 Å². The fourth-order valence-electron chi connectivity index (χ4n) is 2.05. The molecular formula is C13H16BrClN4O. The molecule has 108 valence electrons. The van der Waals surface area contributed by atoms with Crippen LogP contribution in [0.2, 0.25) is 5.02 Å². The Labute approximate surface area is 130 Å². The molecule has 0 atom stereocenters. The van der Waals surface area contributed by atoms with Gasteiger partial charge in [0, 0.05) is 18.9 Å². The van der Waals surface area contributed by atoms with E-state index in [0.29, 0.717) is 16.0 Å². The third-order valence-corrected chi connectivity index (χ3v) is 4.09. The Hall–Kier alpha value is -1.27. The van der Waals surface area contributed by atoms with E-state index in [1.807, 2.05) is 23.1 Å². The largest absolute Gasteiger partial charge is 0.394 e. The molecule has 0 aliphatic carbocycles. The maximum Gasteiger partial charge on any atom is 0.218 e. The van der Waals surface area contributed by atoms with Crippen LogP contribution < -0.4 is 11.2 Å². The van der Waals surface area contributed by atoms with Crippen molar-refractivity contribution in [3.8, 4) is 0 Å². The molecule has 0 saturated heterocycles. The van der Waals surface area contributed by atoms with Crippen LogP contribution >= 0.6 is 27.5 Å². The highest BCUT2D eigenvalue weighted by molar-refractivity contribution is 9.10. The minimum Gasteiger partial charge on any atom is -0.394 e. The van der Waals surface area contributed by atoms with Crippen molar-refractivity contribution in [1.29, 1.82) is 0 Å². The summed E-state index contributed by atoms with van der Waals surface area (Å²) in [5.41, 5.74) is 7.50. The number of pyridine rings is 1. The topological polar surface area (TPSA) is 65.8 Å². The van der Waals surface area contributed by atoms with Gasteiger partial charge in [0.1, 0.15) is 0 Å². The minimum atomic E-state index is -0.203. The average Bonchev–Trinajstić information content (AvgIpc) is 2.72. The standard InChI is InChI=1S/C13H16BrClN4O/c1-3-10-12(15)11(19(4-2)17-10)7-18-5-8(14)13(20)9(16)6-18/h5-6H,3-4,7,16H2,1-2H3. The first kappa shape index (κ1) is 15.1. The number of aromatic nitrogens is 3. The Bertz CT molecular complexity index is 666. The van der Waals surface area contributed by atoms with Crippen LogP contribution in [-0.2, 0) is 19.5 Å². The fourth-order valence-corrected chi connectivity index (χ4v) is 2.87. The van der Waals surface area contributed by atoms with Crippen LogP contribution in [0, 0.1) is 0 Å². The number of anilines is 1. The zero-order valence-electron chi connectivity index (χ0n) is 11.4. The van der Waals surface area contributed by atoms with Gasteiger partial charge in [0.15, 0.2) is 0 Å². The van der Waals surface area contributed by atoms with Gasteiger partial charge in [-0.3, -0.25) is 9.48 Å². The van der Waals surface area contributed by atoms with Gasteiger partial charge in [0.05, 0.1) is 33.1 Å². The molecule has 2 rings (SSSR count). The van der Waals surface area contributed by atoms with Crippen molar-refractivity contribution in [2.45, 2.75) is 33.4 Å². The third kappa shape index (κ3) is 2.76. The van der Waals surface area contributed by atoms with Gasteiger partial charge in [-0.1, -0.05) is 18.5 Å². The lowest BCUT2D eigenvalue weighted by molar-refractivity contribution is 0.594. The van der Waals surface area contributed by atoms with Crippen LogP contribution in [0.5, 0.6) is 0 Å². The van der Waals surface area contributed by atoms with Crippen molar-refractivity contribution >= 4 is 33.2 Å². The summed E-state index contributed by atoms with van der Waals surface area (Å²) in [6.07, 6.45) is 4.10. The number of nitrogen functional groups attached to an aromatic ring is 1. The normalized spacial score (nSPS) is 11.0. The van der Waals surface area contributed by atoms with E-state index in [1.165, 1.54) is 0 Å². The summed E-state index contributed by atoms with van der Waals surface area (Å²) in [6.45, 7) is 5.29. The Balaban J connectivity index is 2.44. The molecule has 0 aliphatic heterocycles. The number of nitrogens with two attached hydrogens (primary N) is 1. The second kappa shape index (κ2) is 6.01. The van der Waals surface area contributed by atoms with Gasteiger partial charge >= 0.3 is 0 Å². The van der Waals surface area contributed by atoms with Gasteiger partial charge in [-0.05, 0) is 29.3 Å². The molecule has 5 nitrogen and oxygen atoms in total. The van der Waals surface area contributed by atoms with Crippen LogP contribution in [-0.4, -0.2) is 14.3 Å². The molecule has 2 N–H and O–H groups in total. The second-order valence-electron chi connectivity index (χ2n) is 4.44. The molecule has 0 bridgehead atoms.